The van der Waals surface area contributed by atoms with E-state index in [2.05, 4.69) is 5.32 Å². The lowest BCUT2D eigenvalue weighted by Gasteiger charge is -2.14. The van der Waals surface area contributed by atoms with Gasteiger partial charge in [0.1, 0.15) is 0 Å². The predicted molar refractivity (Wildman–Crippen MR) is 54.4 cm³/mol. The molecular formula is C9H17N3O2. The second-order valence-corrected chi connectivity index (χ2v) is 3.28. The molecule has 1 rings (SSSR count). The number of aryl methyl sites for hydroxylation is 1. The summed E-state index contributed by atoms with van der Waals surface area (Å²) in [5.74, 6) is 0. The van der Waals surface area contributed by atoms with Crippen LogP contribution in [0.15, 0.2) is 17.2 Å². The van der Waals surface area contributed by atoms with Crippen molar-refractivity contribution in [2.75, 3.05) is 20.8 Å². The van der Waals surface area contributed by atoms with E-state index in [1.807, 2.05) is 7.05 Å². The van der Waals surface area contributed by atoms with E-state index >= 15 is 0 Å². The van der Waals surface area contributed by atoms with Crippen LogP contribution in [0.3, 0.4) is 0 Å². The van der Waals surface area contributed by atoms with Crippen LogP contribution in [-0.4, -0.2) is 35.9 Å². The molecule has 1 unspecified atom stereocenters. The van der Waals surface area contributed by atoms with Crippen LogP contribution in [0, 0.1) is 0 Å². The number of hydrogen-bond acceptors (Lipinski definition) is 3. The third kappa shape index (κ3) is 2.46. The highest BCUT2D eigenvalue weighted by molar-refractivity contribution is 4.81. The quantitative estimate of drug-likeness (QED) is 0.690. The number of aromatic nitrogens is 2. The molecular weight excluding hydrogens is 182 g/mol. The number of ether oxygens (including phenoxy) is 1. The Morgan fingerprint density at radius 3 is 2.71 bits per heavy atom. The molecule has 80 valence electrons. The Kier molecular flexibility index (Phi) is 3.91. The van der Waals surface area contributed by atoms with Crippen molar-refractivity contribution >= 4 is 0 Å². The molecule has 1 aromatic heterocycles. The fourth-order valence-corrected chi connectivity index (χ4v) is 1.32. The molecule has 5 heteroatoms. The third-order valence-corrected chi connectivity index (χ3v) is 2.21. The summed E-state index contributed by atoms with van der Waals surface area (Å²) in [6, 6.07) is 0.167. The van der Waals surface area contributed by atoms with Gasteiger partial charge in [-0.15, -0.1) is 0 Å². The van der Waals surface area contributed by atoms with Crippen molar-refractivity contribution in [3.05, 3.63) is 22.9 Å². The zero-order valence-electron chi connectivity index (χ0n) is 8.86. The number of rotatable bonds is 5. The van der Waals surface area contributed by atoms with E-state index in [-0.39, 0.29) is 11.7 Å². The number of imidazole rings is 1. The minimum absolute atomic E-state index is 0.00125. The Labute approximate surface area is 83.3 Å². The monoisotopic (exact) mass is 199 g/mol. The molecule has 0 spiro atoms. The Morgan fingerprint density at radius 2 is 2.29 bits per heavy atom. The fraction of sp³-hybridized carbons (Fsp3) is 0.667. The predicted octanol–water partition coefficient (Wildman–Crippen LogP) is -0.579. The summed E-state index contributed by atoms with van der Waals surface area (Å²) in [6.45, 7) is 1.22. The van der Waals surface area contributed by atoms with Gasteiger partial charge in [-0.2, -0.15) is 0 Å². The van der Waals surface area contributed by atoms with Gasteiger partial charge in [0.2, 0.25) is 0 Å². The molecule has 1 heterocycles. The van der Waals surface area contributed by atoms with E-state index in [1.54, 1.807) is 35.7 Å². The molecule has 0 bridgehead atoms. The SMILES string of the molecule is CNC(COC)Cn1ccn(C)c1=O. The Hall–Kier alpha value is -1.07. The minimum atomic E-state index is 0.00125. The summed E-state index contributed by atoms with van der Waals surface area (Å²) in [7, 11) is 5.25. The first-order chi connectivity index (χ1) is 6.69. The summed E-state index contributed by atoms with van der Waals surface area (Å²) in [5.41, 5.74) is 0.00125. The Morgan fingerprint density at radius 1 is 1.57 bits per heavy atom. The second-order valence-electron chi connectivity index (χ2n) is 3.28. The van der Waals surface area contributed by atoms with Gasteiger partial charge in [0.25, 0.3) is 0 Å². The van der Waals surface area contributed by atoms with Crippen molar-refractivity contribution < 1.29 is 4.74 Å². The first-order valence-corrected chi connectivity index (χ1v) is 4.57. The van der Waals surface area contributed by atoms with Crippen LogP contribution in [0.25, 0.3) is 0 Å². The maximum Gasteiger partial charge on any atom is 0.327 e. The summed E-state index contributed by atoms with van der Waals surface area (Å²) in [4.78, 5) is 11.5. The van der Waals surface area contributed by atoms with Crippen LogP contribution in [-0.2, 0) is 18.3 Å². The molecule has 0 aliphatic heterocycles. The highest BCUT2D eigenvalue weighted by atomic mass is 16.5. The maximum atomic E-state index is 11.5. The number of methoxy groups -OCH3 is 1. The summed E-state index contributed by atoms with van der Waals surface area (Å²) >= 11 is 0. The van der Waals surface area contributed by atoms with Crippen molar-refractivity contribution in [1.82, 2.24) is 14.5 Å². The first-order valence-electron chi connectivity index (χ1n) is 4.57. The molecule has 1 atom stereocenters. The van der Waals surface area contributed by atoms with Crippen molar-refractivity contribution in [2.24, 2.45) is 7.05 Å². The fourth-order valence-electron chi connectivity index (χ4n) is 1.32. The maximum absolute atomic E-state index is 11.5. The van der Waals surface area contributed by atoms with Gasteiger partial charge >= 0.3 is 5.69 Å². The van der Waals surface area contributed by atoms with Gasteiger partial charge < -0.3 is 14.6 Å². The minimum Gasteiger partial charge on any atom is -0.383 e. The smallest absolute Gasteiger partial charge is 0.327 e. The number of nitrogens with zero attached hydrogens (tertiary/aromatic N) is 2. The molecule has 0 aliphatic rings. The molecule has 14 heavy (non-hydrogen) atoms. The number of hydrogen-bond donors (Lipinski definition) is 1. The third-order valence-electron chi connectivity index (χ3n) is 2.21. The van der Waals surface area contributed by atoms with Crippen molar-refractivity contribution in [3.8, 4) is 0 Å². The van der Waals surface area contributed by atoms with E-state index in [0.29, 0.717) is 13.2 Å². The molecule has 5 nitrogen and oxygen atoms in total. The standard InChI is InChI=1S/C9H17N3O2/c1-10-8(7-14-3)6-12-5-4-11(2)9(12)13/h4-5,8,10H,6-7H2,1-3H3. The molecule has 1 N–H and O–H groups in total. The Bertz CT molecular complexity index is 329. The van der Waals surface area contributed by atoms with Gasteiger partial charge in [-0.05, 0) is 7.05 Å². The van der Waals surface area contributed by atoms with Gasteiger partial charge in [-0.1, -0.05) is 0 Å². The van der Waals surface area contributed by atoms with E-state index < -0.39 is 0 Å². The molecule has 0 radical (unpaired) electrons. The zero-order chi connectivity index (χ0) is 10.6. The lowest BCUT2D eigenvalue weighted by molar-refractivity contribution is 0.161. The molecule has 0 saturated carbocycles. The average molecular weight is 199 g/mol. The summed E-state index contributed by atoms with van der Waals surface area (Å²) < 4.78 is 8.25. The average Bonchev–Trinajstić information content (AvgIpc) is 2.49. The second kappa shape index (κ2) is 4.97. The van der Waals surface area contributed by atoms with Crippen LogP contribution in [0.1, 0.15) is 0 Å². The van der Waals surface area contributed by atoms with Gasteiger partial charge in [-0.25, -0.2) is 4.79 Å². The number of likely N-dealkylation sites (N-methyl/N-ethyl adjacent to an activating group) is 1. The summed E-state index contributed by atoms with van der Waals surface area (Å²) in [6.07, 6.45) is 3.53. The molecule has 0 aromatic carbocycles. The van der Waals surface area contributed by atoms with Crippen LogP contribution < -0.4 is 11.0 Å². The molecule has 1 aromatic rings. The van der Waals surface area contributed by atoms with Crippen molar-refractivity contribution in [2.45, 2.75) is 12.6 Å². The normalized spacial score (nSPS) is 13.1. The molecule has 0 saturated heterocycles. The van der Waals surface area contributed by atoms with Crippen LogP contribution in [0.2, 0.25) is 0 Å². The highest BCUT2D eigenvalue weighted by Crippen LogP contribution is 1.90. The first kappa shape index (κ1) is 11.0. The van der Waals surface area contributed by atoms with E-state index in [4.69, 9.17) is 4.74 Å². The van der Waals surface area contributed by atoms with Crippen LogP contribution in [0.5, 0.6) is 0 Å². The van der Waals surface area contributed by atoms with Gasteiger partial charge in [0, 0.05) is 39.1 Å². The molecule has 0 fully saturated rings. The number of nitrogens with one attached hydrogen (secondary N) is 1. The topological polar surface area (TPSA) is 48.2 Å². The highest BCUT2D eigenvalue weighted by Gasteiger charge is 2.08. The van der Waals surface area contributed by atoms with E-state index in [9.17, 15) is 4.79 Å². The van der Waals surface area contributed by atoms with Gasteiger partial charge in [-0.3, -0.25) is 4.57 Å². The van der Waals surface area contributed by atoms with E-state index in [0.717, 1.165) is 0 Å². The van der Waals surface area contributed by atoms with Crippen molar-refractivity contribution in [1.29, 1.82) is 0 Å². The molecule has 0 aliphatic carbocycles. The lowest BCUT2D eigenvalue weighted by atomic mass is 10.3. The largest absolute Gasteiger partial charge is 0.383 e. The summed E-state index contributed by atoms with van der Waals surface area (Å²) in [5, 5.41) is 3.09. The van der Waals surface area contributed by atoms with Crippen LogP contribution >= 0.6 is 0 Å². The van der Waals surface area contributed by atoms with Crippen molar-refractivity contribution in [3.63, 3.8) is 0 Å². The van der Waals surface area contributed by atoms with Gasteiger partial charge in [0.05, 0.1) is 6.61 Å². The Balaban J connectivity index is 2.67. The van der Waals surface area contributed by atoms with Crippen LogP contribution in [0.4, 0.5) is 0 Å². The molecule has 0 amide bonds. The lowest BCUT2D eigenvalue weighted by Crippen LogP contribution is -2.37. The van der Waals surface area contributed by atoms with E-state index in [1.165, 1.54) is 0 Å². The zero-order valence-corrected chi connectivity index (χ0v) is 8.86. The van der Waals surface area contributed by atoms with Gasteiger partial charge in [0.15, 0.2) is 0 Å².